The second kappa shape index (κ2) is 10.1. The highest BCUT2D eigenvalue weighted by Crippen LogP contribution is 2.14. The zero-order valence-electron chi connectivity index (χ0n) is 16.2. The third-order valence-electron chi connectivity index (χ3n) is 5.17. The molecule has 0 bridgehead atoms. The van der Waals surface area contributed by atoms with Crippen LogP contribution in [0.5, 0.6) is 5.75 Å². The molecule has 144 valence electrons. The molecule has 0 atom stereocenters. The molecular formula is C23H30N2O2. The van der Waals surface area contributed by atoms with Crippen LogP contribution in [0.3, 0.4) is 0 Å². The van der Waals surface area contributed by atoms with E-state index in [1.165, 1.54) is 37.9 Å². The Balaban J connectivity index is 1.38. The van der Waals surface area contributed by atoms with Gasteiger partial charge in [-0.2, -0.15) is 0 Å². The van der Waals surface area contributed by atoms with E-state index in [4.69, 9.17) is 4.74 Å². The topological polar surface area (TPSA) is 41.6 Å². The van der Waals surface area contributed by atoms with Gasteiger partial charge < -0.3 is 10.1 Å². The summed E-state index contributed by atoms with van der Waals surface area (Å²) >= 11 is 0. The fourth-order valence-electron chi connectivity index (χ4n) is 3.48. The summed E-state index contributed by atoms with van der Waals surface area (Å²) in [6, 6.07) is 16.5. The van der Waals surface area contributed by atoms with Gasteiger partial charge in [-0.3, -0.25) is 9.69 Å². The SMILES string of the molecule is COc1ccc(CCC(=O)NCc2ccc(CN3CCCCC3)cc2)cc1. The Kier molecular flexibility index (Phi) is 7.28. The molecule has 1 aliphatic heterocycles. The van der Waals surface area contributed by atoms with Crippen LogP contribution in [0, 0.1) is 0 Å². The highest BCUT2D eigenvalue weighted by molar-refractivity contribution is 5.76. The van der Waals surface area contributed by atoms with Gasteiger partial charge in [-0.25, -0.2) is 0 Å². The van der Waals surface area contributed by atoms with Crippen molar-refractivity contribution in [2.45, 2.75) is 45.2 Å². The van der Waals surface area contributed by atoms with Gasteiger partial charge in [-0.05, 0) is 61.2 Å². The number of nitrogens with one attached hydrogen (secondary N) is 1. The molecule has 0 radical (unpaired) electrons. The van der Waals surface area contributed by atoms with Crippen molar-refractivity contribution >= 4 is 5.91 Å². The molecule has 3 rings (SSSR count). The van der Waals surface area contributed by atoms with Crippen molar-refractivity contribution in [3.63, 3.8) is 0 Å². The Bertz CT molecular complexity index is 704. The number of piperidine rings is 1. The number of benzene rings is 2. The molecule has 1 saturated heterocycles. The molecule has 1 aliphatic rings. The Hall–Kier alpha value is -2.33. The maximum absolute atomic E-state index is 12.1. The summed E-state index contributed by atoms with van der Waals surface area (Å²) in [4.78, 5) is 14.6. The number of nitrogens with zero attached hydrogens (tertiary/aromatic N) is 1. The summed E-state index contributed by atoms with van der Waals surface area (Å²) in [6.45, 7) is 4.05. The van der Waals surface area contributed by atoms with Gasteiger partial charge in [0, 0.05) is 19.5 Å². The fraction of sp³-hybridized carbons (Fsp3) is 0.435. The zero-order valence-corrected chi connectivity index (χ0v) is 16.2. The van der Waals surface area contributed by atoms with Crippen LogP contribution < -0.4 is 10.1 Å². The van der Waals surface area contributed by atoms with Gasteiger partial charge in [-0.1, -0.05) is 42.8 Å². The molecule has 0 aliphatic carbocycles. The van der Waals surface area contributed by atoms with Crippen LogP contribution in [0.15, 0.2) is 48.5 Å². The van der Waals surface area contributed by atoms with Gasteiger partial charge >= 0.3 is 0 Å². The van der Waals surface area contributed by atoms with E-state index in [9.17, 15) is 4.79 Å². The largest absolute Gasteiger partial charge is 0.497 e. The lowest BCUT2D eigenvalue weighted by molar-refractivity contribution is -0.121. The lowest BCUT2D eigenvalue weighted by Gasteiger charge is -2.26. The van der Waals surface area contributed by atoms with E-state index < -0.39 is 0 Å². The number of carbonyl (C=O) groups excluding carboxylic acids is 1. The molecule has 2 aromatic carbocycles. The van der Waals surface area contributed by atoms with Crippen molar-refractivity contribution in [3.05, 3.63) is 65.2 Å². The minimum Gasteiger partial charge on any atom is -0.497 e. The highest BCUT2D eigenvalue weighted by atomic mass is 16.5. The van der Waals surface area contributed by atoms with Crippen molar-refractivity contribution in [1.82, 2.24) is 10.2 Å². The predicted octanol–water partition coefficient (Wildman–Crippen LogP) is 3.93. The average molecular weight is 367 g/mol. The van der Waals surface area contributed by atoms with Crippen molar-refractivity contribution in [2.24, 2.45) is 0 Å². The average Bonchev–Trinajstić information content (AvgIpc) is 2.73. The van der Waals surface area contributed by atoms with Crippen molar-refractivity contribution in [1.29, 1.82) is 0 Å². The number of hydrogen-bond donors (Lipinski definition) is 1. The Morgan fingerprint density at radius 1 is 0.926 bits per heavy atom. The smallest absolute Gasteiger partial charge is 0.220 e. The van der Waals surface area contributed by atoms with Crippen molar-refractivity contribution < 1.29 is 9.53 Å². The standard InChI is InChI=1S/C23H30N2O2/c1-27-22-12-9-19(10-13-22)11-14-23(26)24-17-20-5-7-21(8-6-20)18-25-15-3-2-4-16-25/h5-10,12-13H,2-4,11,14-18H2,1H3,(H,24,26). The van der Waals surface area contributed by atoms with Crippen LogP contribution in [0.1, 0.15) is 42.4 Å². The number of aryl methyl sites for hydroxylation is 1. The minimum absolute atomic E-state index is 0.0863. The van der Waals surface area contributed by atoms with Gasteiger partial charge in [0.25, 0.3) is 0 Å². The third-order valence-corrected chi connectivity index (χ3v) is 5.17. The van der Waals surface area contributed by atoms with Gasteiger partial charge in [0.05, 0.1) is 7.11 Å². The number of likely N-dealkylation sites (tertiary alicyclic amines) is 1. The lowest BCUT2D eigenvalue weighted by Crippen LogP contribution is -2.29. The molecule has 0 aromatic heterocycles. The molecular weight excluding hydrogens is 336 g/mol. The molecule has 0 unspecified atom stereocenters. The number of rotatable bonds is 8. The number of methoxy groups -OCH3 is 1. The van der Waals surface area contributed by atoms with Crippen LogP contribution in [0.25, 0.3) is 0 Å². The monoisotopic (exact) mass is 366 g/mol. The fourth-order valence-corrected chi connectivity index (χ4v) is 3.48. The molecule has 4 heteroatoms. The maximum Gasteiger partial charge on any atom is 0.220 e. The molecule has 4 nitrogen and oxygen atoms in total. The van der Waals surface area contributed by atoms with Gasteiger partial charge in [0.1, 0.15) is 5.75 Å². The van der Waals surface area contributed by atoms with E-state index in [0.717, 1.165) is 29.8 Å². The van der Waals surface area contributed by atoms with E-state index in [0.29, 0.717) is 13.0 Å². The zero-order chi connectivity index (χ0) is 18.9. The van der Waals surface area contributed by atoms with E-state index in [2.05, 4.69) is 34.5 Å². The van der Waals surface area contributed by atoms with Gasteiger partial charge in [-0.15, -0.1) is 0 Å². The first-order valence-corrected chi connectivity index (χ1v) is 9.93. The lowest BCUT2D eigenvalue weighted by atomic mass is 10.1. The molecule has 1 fully saturated rings. The Morgan fingerprint density at radius 2 is 1.56 bits per heavy atom. The van der Waals surface area contributed by atoms with Crippen LogP contribution in [-0.2, 0) is 24.3 Å². The minimum atomic E-state index is 0.0863. The molecule has 0 saturated carbocycles. The summed E-state index contributed by atoms with van der Waals surface area (Å²) in [6.07, 6.45) is 5.25. The molecule has 1 amide bonds. The van der Waals surface area contributed by atoms with E-state index in [1.807, 2.05) is 24.3 Å². The van der Waals surface area contributed by atoms with E-state index in [1.54, 1.807) is 7.11 Å². The molecule has 27 heavy (non-hydrogen) atoms. The predicted molar refractivity (Wildman–Crippen MR) is 109 cm³/mol. The van der Waals surface area contributed by atoms with Crippen LogP contribution in [0.2, 0.25) is 0 Å². The Labute approximate surface area is 162 Å². The second-order valence-electron chi connectivity index (χ2n) is 7.28. The van der Waals surface area contributed by atoms with E-state index in [-0.39, 0.29) is 5.91 Å². The number of carbonyl (C=O) groups is 1. The summed E-state index contributed by atoms with van der Waals surface area (Å²) < 4.78 is 5.15. The summed E-state index contributed by atoms with van der Waals surface area (Å²) in [5, 5.41) is 3.02. The highest BCUT2D eigenvalue weighted by Gasteiger charge is 2.10. The van der Waals surface area contributed by atoms with Crippen molar-refractivity contribution in [3.8, 4) is 5.75 Å². The molecule has 2 aromatic rings. The first-order valence-electron chi connectivity index (χ1n) is 9.93. The molecule has 0 spiro atoms. The van der Waals surface area contributed by atoms with Crippen LogP contribution in [-0.4, -0.2) is 31.0 Å². The maximum atomic E-state index is 12.1. The quantitative estimate of drug-likeness (QED) is 0.770. The summed E-state index contributed by atoms with van der Waals surface area (Å²) in [5.41, 5.74) is 3.65. The molecule has 1 heterocycles. The third kappa shape index (κ3) is 6.40. The normalized spacial score (nSPS) is 14.7. The van der Waals surface area contributed by atoms with Crippen LogP contribution >= 0.6 is 0 Å². The van der Waals surface area contributed by atoms with Crippen molar-refractivity contribution in [2.75, 3.05) is 20.2 Å². The number of amides is 1. The Morgan fingerprint density at radius 3 is 2.22 bits per heavy atom. The van der Waals surface area contributed by atoms with E-state index >= 15 is 0 Å². The first-order chi connectivity index (χ1) is 13.2. The summed E-state index contributed by atoms with van der Waals surface area (Å²) in [7, 11) is 1.66. The number of hydrogen-bond acceptors (Lipinski definition) is 3. The first kappa shape index (κ1) is 19.4. The molecule has 1 N–H and O–H groups in total. The number of ether oxygens (including phenoxy) is 1. The summed E-state index contributed by atoms with van der Waals surface area (Å²) in [5.74, 6) is 0.926. The van der Waals surface area contributed by atoms with Gasteiger partial charge in [0.2, 0.25) is 5.91 Å². The van der Waals surface area contributed by atoms with Crippen LogP contribution in [0.4, 0.5) is 0 Å². The second-order valence-corrected chi connectivity index (χ2v) is 7.28. The van der Waals surface area contributed by atoms with Gasteiger partial charge in [0.15, 0.2) is 0 Å².